The van der Waals surface area contributed by atoms with Crippen LogP contribution >= 0.6 is 0 Å². The summed E-state index contributed by atoms with van der Waals surface area (Å²) < 4.78 is 0. The number of likely N-dealkylation sites (N-methyl/N-ethyl adjacent to an activating group) is 2. The minimum atomic E-state index is -0.989. The Hall–Kier alpha value is -1.30. The molecule has 0 spiro atoms. The van der Waals surface area contributed by atoms with Crippen molar-refractivity contribution in [1.29, 1.82) is 0 Å². The van der Waals surface area contributed by atoms with E-state index in [4.69, 9.17) is 5.11 Å². The van der Waals surface area contributed by atoms with E-state index < -0.39 is 12.0 Å². The standard InChI is InChI=1S/C10H21N3O3/c1-4-5-8(9(14)15)12-10(16)13(3)7-6-11-2/h8,11H,4-7H2,1-3H3,(H,12,16)(H,14,15). The second-order valence-electron chi connectivity index (χ2n) is 3.65. The summed E-state index contributed by atoms with van der Waals surface area (Å²) >= 11 is 0. The van der Waals surface area contributed by atoms with E-state index >= 15 is 0 Å². The van der Waals surface area contributed by atoms with E-state index in [0.717, 1.165) is 6.42 Å². The smallest absolute Gasteiger partial charge is 0.326 e. The highest BCUT2D eigenvalue weighted by atomic mass is 16.4. The van der Waals surface area contributed by atoms with Crippen LogP contribution in [0.5, 0.6) is 0 Å². The molecule has 1 atom stereocenters. The van der Waals surface area contributed by atoms with Gasteiger partial charge in [-0.2, -0.15) is 0 Å². The molecule has 0 aromatic rings. The van der Waals surface area contributed by atoms with Gasteiger partial charge in [0.1, 0.15) is 6.04 Å². The summed E-state index contributed by atoms with van der Waals surface area (Å²) in [5.74, 6) is -0.989. The third-order valence-electron chi connectivity index (χ3n) is 2.22. The molecule has 0 saturated heterocycles. The molecular formula is C10H21N3O3. The minimum Gasteiger partial charge on any atom is -0.480 e. The fourth-order valence-corrected chi connectivity index (χ4v) is 1.19. The molecule has 0 aliphatic carbocycles. The number of aliphatic carboxylic acids is 1. The highest BCUT2D eigenvalue weighted by molar-refractivity contribution is 5.82. The average molecular weight is 231 g/mol. The lowest BCUT2D eigenvalue weighted by atomic mass is 10.2. The summed E-state index contributed by atoms with van der Waals surface area (Å²) in [6.07, 6.45) is 1.17. The van der Waals surface area contributed by atoms with Crippen LogP contribution in [0.4, 0.5) is 4.79 Å². The van der Waals surface area contributed by atoms with Gasteiger partial charge in [-0.3, -0.25) is 0 Å². The Bertz CT molecular complexity index is 233. The van der Waals surface area contributed by atoms with Crippen LogP contribution in [0.3, 0.4) is 0 Å². The molecule has 0 rings (SSSR count). The average Bonchev–Trinajstić information content (AvgIpc) is 2.24. The van der Waals surface area contributed by atoms with Crippen molar-refractivity contribution < 1.29 is 14.7 Å². The van der Waals surface area contributed by atoms with Gasteiger partial charge in [-0.05, 0) is 13.5 Å². The molecule has 0 aliphatic heterocycles. The molecule has 0 aromatic carbocycles. The Balaban J connectivity index is 4.12. The van der Waals surface area contributed by atoms with Crippen molar-refractivity contribution in [3.05, 3.63) is 0 Å². The van der Waals surface area contributed by atoms with E-state index in [9.17, 15) is 9.59 Å². The number of nitrogens with zero attached hydrogens (tertiary/aromatic N) is 1. The lowest BCUT2D eigenvalue weighted by Crippen LogP contribution is -2.47. The molecule has 6 heteroatoms. The number of urea groups is 1. The number of amides is 2. The van der Waals surface area contributed by atoms with Crippen molar-refractivity contribution in [2.45, 2.75) is 25.8 Å². The Morgan fingerprint density at radius 2 is 2.06 bits per heavy atom. The molecule has 0 aromatic heterocycles. The summed E-state index contributed by atoms with van der Waals surface area (Å²) in [5.41, 5.74) is 0. The maximum Gasteiger partial charge on any atom is 0.326 e. The first kappa shape index (κ1) is 14.7. The van der Waals surface area contributed by atoms with Gasteiger partial charge in [-0.15, -0.1) is 0 Å². The molecule has 1 unspecified atom stereocenters. The summed E-state index contributed by atoms with van der Waals surface area (Å²) in [6.45, 7) is 3.10. The SMILES string of the molecule is CCCC(NC(=O)N(C)CCNC)C(=O)O. The molecule has 0 saturated carbocycles. The fourth-order valence-electron chi connectivity index (χ4n) is 1.19. The fraction of sp³-hybridized carbons (Fsp3) is 0.800. The Labute approximate surface area is 96.0 Å². The van der Waals surface area contributed by atoms with Gasteiger partial charge in [0.05, 0.1) is 0 Å². The molecule has 0 radical (unpaired) electrons. The number of carbonyl (C=O) groups excluding carboxylic acids is 1. The molecule has 0 heterocycles. The van der Waals surface area contributed by atoms with E-state index in [1.54, 1.807) is 14.1 Å². The first-order valence-corrected chi connectivity index (χ1v) is 5.42. The number of carbonyl (C=O) groups is 2. The largest absolute Gasteiger partial charge is 0.480 e. The molecule has 6 nitrogen and oxygen atoms in total. The normalized spacial score (nSPS) is 11.9. The summed E-state index contributed by atoms with van der Waals surface area (Å²) in [7, 11) is 3.43. The van der Waals surface area contributed by atoms with Gasteiger partial charge in [0, 0.05) is 20.1 Å². The zero-order chi connectivity index (χ0) is 12.6. The lowest BCUT2D eigenvalue weighted by Gasteiger charge is -2.21. The number of nitrogens with one attached hydrogen (secondary N) is 2. The third kappa shape index (κ3) is 5.55. The van der Waals surface area contributed by atoms with Gasteiger partial charge < -0.3 is 20.6 Å². The second-order valence-corrected chi connectivity index (χ2v) is 3.65. The monoisotopic (exact) mass is 231 g/mol. The molecule has 2 amide bonds. The quantitative estimate of drug-likeness (QED) is 0.580. The highest BCUT2D eigenvalue weighted by Gasteiger charge is 2.20. The van der Waals surface area contributed by atoms with Crippen molar-refractivity contribution in [3.63, 3.8) is 0 Å². The lowest BCUT2D eigenvalue weighted by molar-refractivity contribution is -0.139. The van der Waals surface area contributed by atoms with Crippen LogP contribution in [-0.4, -0.2) is 55.2 Å². The molecule has 0 bridgehead atoms. The van der Waals surface area contributed by atoms with Crippen LogP contribution in [0.15, 0.2) is 0 Å². The van der Waals surface area contributed by atoms with E-state index in [1.165, 1.54) is 4.90 Å². The summed E-state index contributed by atoms with van der Waals surface area (Å²) in [5, 5.41) is 14.3. The molecule has 3 N–H and O–H groups in total. The maximum absolute atomic E-state index is 11.6. The number of carboxylic acid groups (broad SMARTS) is 1. The van der Waals surface area contributed by atoms with Gasteiger partial charge in [-0.1, -0.05) is 13.3 Å². The zero-order valence-electron chi connectivity index (χ0n) is 10.1. The van der Waals surface area contributed by atoms with Gasteiger partial charge >= 0.3 is 12.0 Å². The van der Waals surface area contributed by atoms with E-state index in [-0.39, 0.29) is 6.03 Å². The van der Waals surface area contributed by atoms with Gasteiger partial charge in [0.25, 0.3) is 0 Å². The van der Waals surface area contributed by atoms with Crippen LogP contribution in [0.1, 0.15) is 19.8 Å². The Morgan fingerprint density at radius 1 is 1.44 bits per heavy atom. The van der Waals surface area contributed by atoms with Crippen molar-refractivity contribution >= 4 is 12.0 Å². The number of rotatable bonds is 7. The molecule has 0 fully saturated rings. The van der Waals surface area contributed by atoms with Crippen molar-refractivity contribution in [2.24, 2.45) is 0 Å². The first-order chi connectivity index (χ1) is 7.52. The zero-order valence-corrected chi connectivity index (χ0v) is 10.1. The topological polar surface area (TPSA) is 81.7 Å². The van der Waals surface area contributed by atoms with E-state index in [1.807, 2.05) is 6.92 Å². The molecule has 0 aliphatic rings. The minimum absolute atomic E-state index is 0.351. The van der Waals surface area contributed by atoms with Crippen LogP contribution in [0, 0.1) is 0 Å². The van der Waals surface area contributed by atoms with Crippen LogP contribution < -0.4 is 10.6 Å². The highest BCUT2D eigenvalue weighted by Crippen LogP contribution is 1.98. The van der Waals surface area contributed by atoms with Gasteiger partial charge in [0.15, 0.2) is 0 Å². The Kier molecular flexibility index (Phi) is 7.28. The second kappa shape index (κ2) is 7.92. The number of hydrogen-bond acceptors (Lipinski definition) is 3. The van der Waals surface area contributed by atoms with E-state index in [0.29, 0.717) is 19.5 Å². The molecule has 94 valence electrons. The third-order valence-corrected chi connectivity index (χ3v) is 2.22. The molecular weight excluding hydrogens is 210 g/mol. The first-order valence-electron chi connectivity index (χ1n) is 5.42. The van der Waals surface area contributed by atoms with Gasteiger partial charge in [-0.25, -0.2) is 9.59 Å². The van der Waals surface area contributed by atoms with Crippen molar-refractivity contribution in [3.8, 4) is 0 Å². The predicted octanol–water partition coefficient (Wildman–Crippen LogP) is 0.101. The number of hydrogen-bond donors (Lipinski definition) is 3. The van der Waals surface area contributed by atoms with Crippen LogP contribution in [0.25, 0.3) is 0 Å². The van der Waals surface area contributed by atoms with E-state index in [2.05, 4.69) is 10.6 Å². The van der Waals surface area contributed by atoms with Crippen LogP contribution in [0.2, 0.25) is 0 Å². The van der Waals surface area contributed by atoms with Crippen LogP contribution in [-0.2, 0) is 4.79 Å². The predicted molar refractivity (Wildman–Crippen MR) is 61.4 cm³/mol. The summed E-state index contributed by atoms with van der Waals surface area (Å²) in [6, 6.07) is -1.15. The summed E-state index contributed by atoms with van der Waals surface area (Å²) in [4.78, 5) is 23.8. The van der Waals surface area contributed by atoms with Crippen molar-refractivity contribution in [1.82, 2.24) is 15.5 Å². The van der Waals surface area contributed by atoms with Gasteiger partial charge in [0.2, 0.25) is 0 Å². The van der Waals surface area contributed by atoms with Crippen molar-refractivity contribution in [2.75, 3.05) is 27.2 Å². The molecule has 16 heavy (non-hydrogen) atoms. The maximum atomic E-state index is 11.6. The number of carboxylic acids is 1. The Morgan fingerprint density at radius 3 is 2.50 bits per heavy atom.